The van der Waals surface area contributed by atoms with E-state index in [1.54, 1.807) is 0 Å². The minimum Gasteiger partial charge on any atom is -0.399 e. The van der Waals surface area contributed by atoms with Gasteiger partial charge in [0.15, 0.2) is 11.6 Å². The van der Waals surface area contributed by atoms with E-state index in [2.05, 4.69) is 11.7 Å². The zero-order chi connectivity index (χ0) is 25.9. The molecule has 0 aromatic heterocycles. The minimum absolute atomic E-state index is 0.0539. The van der Waals surface area contributed by atoms with Gasteiger partial charge in [0.1, 0.15) is 5.82 Å². The Morgan fingerprint density at radius 1 is 0.833 bits per heavy atom. The maximum absolute atomic E-state index is 14.9. The molecule has 0 heterocycles. The standard InChI is InChI=1S/C29H32F6O/c1-2-3-4-18-5-7-19(8-6-18)9-10-20-11-12-21-14-24(25(30)15-22(21)13-20)23-16-26(31)28(27(32)17-23)36-29(33,34)35/h13-19H,2-12H2,1H3. The van der Waals surface area contributed by atoms with Crippen LogP contribution >= 0.6 is 0 Å². The Balaban J connectivity index is 1.43. The summed E-state index contributed by atoms with van der Waals surface area (Å²) in [4.78, 5) is 0. The van der Waals surface area contributed by atoms with Crippen LogP contribution in [0.3, 0.4) is 0 Å². The fourth-order valence-corrected chi connectivity index (χ4v) is 5.61. The lowest BCUT2D eigenvalue weighted by Crippen LogP contribution is -2.19. The van der Waals surface area contributed by atoms with Gasteiger partial charge >= 0.3 is 6.36 Å². The average Bonchev–Trinajstić information content (AvgIpc) is 2.83. The summed E-state index contributed by atoms with van der Waals surface area (Å²) in [6.07, 6.45) is 9.58. The first-order chi connectivity index (χ1) is 17.1. The molecule has 1 nitrogen and oxygen atoms in total. The highest BCUT2D eigenvalue weighted by molar-refractivity contribution is 5.71. The molecular weight excluding hydrogens is 478 g/mol. The van der Waals surface area contributed by atoms with E-state index in [1.165, 1.54) is 62.7 Å². The molecule has 0 bridgehead atoms. The predicted molar refractivity (Wildman–Crippen MR) is 129 cm³/mol. The van der Waals surface area contributed by atoms with E-state index in [9.17, 15) is 26.3 Å². The molecule has 1 saturated carbocycles. The summed E-state index contributed by atoms with van der Waals surface area (Å²) in [6, 6.07) is 4.21. The second-order valence-corrected chi connectivity index (χ2v) is 10.2. The first kappa shape index (κ1) is 26.6. The van der Waals surface area contributed by atoms with Gasteiger partial charge in [-0.1, -0.05) is 63.5 Å². The topological polar surface area (TPSA) is 9.23 Å². The van der Waals surface area contributed by atoms with Crippen LogP contribution in [0.4, 0.5) is 26.3 Å². The monoisotopic (exact) mass is 510 g/mol. The van der Waals surface area contributed by atoms with Gasteiger partial charge in [0.25, 0.3) is 0 Å². The van der Waals surface area contributed by atoms with E-state index in [0.29, 0.717) is 18.6 Å². The van der Waals surface area contributed by atoms with Crippen LogP contribution in [-0.2, 0) is 6.42 Å². The smallest absolute Gasteiger partial charge is 0.399 e. The van der Waals surface area contributed by atoms with Crippen LogP contribution in [0.5, 0.6) is 5.75 Å². The van der Waals surface area contributed by atoms with Gasteiger partial charge in [-0.15, -0.1) is 13.2 Å². The normalized spacial score (nSPS) is 20.1. The van der Waals surface area contributed by atoms with Crippen LogP contribution in [-0.4, -0.2) is 6.36 Å². The molecule has 2 aromatic rings. The zero-order valence-corrected chi connectivity index (χ0v) is 20.5. The molecule has 0 spiro atoms. The number of alkyl halides is 3. The van der Waals surface area contributed by atoms with Gasteiger partial charge in [-0.25, -0.2) is 13.2 Å². The van der Waals surface area contributed by atoms with Crippen molar-refractivity contribution in [2.75, 3.05) is 0 Å². The van der Waals surface area contributed by atoms with E-state index in [0.717, 1.165) is 42.2 Å². The number of benzene rings is 2. The number of aryl methyl sites for hydroxylation is 1. The number of hydrogen-bond donors (Lipinski definition) is 0. The van der Waals surface area contributed by atoms with E-state index in [-0.39, 0.29) is 11.1 Å². The van der Waals surface area contributed by atoms with E-state index < -0.39 is 29.6 Å². The SMILES string of the molecule is CCCCC1CCC(CCC2=Cc3cc(F)c(-c4cc(F)c(OC(F)(F)F)c(F)c4)cc3CC2)CC1. The zero-order valence-electron chi connectivity index (χ0n) is 20.5. The highest BCUT2D eigenvalue weighted by atomic mass is 19.4. The molecular formula is C29H32F6O. The van der Waals surface area contributed by atoms with Crippen molar-refractivity contribution in [1.82, 2.24) is 0 Å². The lowest BCUT2D eigenvalue weighted by atomic mass is 9.77. The Bertz CT molecular complexity index is 1070. The fourth-order valence-electron chi connectivity index (χ4n) is 5.61. The van der Waals surface area contributed by atoms with Gasteiger partial charge in [0.05, 0.1) is 0 Å². The first-order valence-corrected chi connectivity index (χ1v) is 12.9. The minimum atomic E-state index is -5.24. The van der Waals surface area contributed by atoms with E-state index in [4.69, 9.17) is 0 Å². The van der Waals surface area contributed by atoms with Crippen LogP contribution in [0.15, 0.2) is 29.8 Å². The second kappa shape index (κ2) is 11.3. The number of allylic oxidation sites excluding steroid dienone is 1. The Labute approximate surface area is 208 Å². The van der Waals surface area contributed by atoms with Crippen LogP contribution in [0, 0.1) is 29.3 Å². The second-order valence-electron chi connectivity index (χ2n) is 10.2. The molecule has 2 aliphatic rings. The first-order valence-electron chi connectivity index (χ1n) is 12.9. The molecule has 0 saturated heterocycles. The number of ether oxygens (including phenoxy) is 1. The quantitative estimate of drug-likeness (QED) is 0.321. The molecule has 0 N–H and O–H groups in total. The predicted octanol–water partition coefficient (Wildman–Crippen LogP) is 9.78. The summed E-state index contributed by atoms with van der Waals surface area (Å²) in [6.45, 7) is 2.24. The van der Waals surface area contributed by atoms with Crippen LogP contribution < -0.4 is 4.74 Å². The van der Waals surface area contributed by atoms with Gasteiger partial charge in [-0.2, -0.15) is 0 Å². The summed E-state index contributed by atoms with van der Waals surface area (Å²) >= 11 is 0. The molecule has 0 amide bonds. The van der Waals surface area contributed by atoms with Crippen molar-refractivity contribution in [2.45, 2.75) is 83.9 Å². The summed E-state index contributed by atoms with van der Waals surface area (Å²) in [5, 5.41) is 0. The number of fused-ring (bicyclic) bond motifs is 1. The van der Waals surface area contributed by atoms with Gasteiger partial charge in [-0.3, -0.25) is 0 Å². The molecule has 0 atom stereocenters. The van der Waals surface area contributed by atoms with Gasteiger partial charge < -0.3 is 4.74 Å². The maximum Gasteiger partial charge on any atom is 0.573 e. The Morgan fingerprint density at radius 2 is 1.47 bits per heavy atom. The highest BCUT2D eigenvalue weighted by Gasteiger charge is 2.34. The molecule has 1 fully saturated rings. The van der Waals surface area contributed by atoms with E-state index in [1.807, 2.05) is 6.08 Å². The Hall–Kier alpha value is -2.44. The summed E-state index contributed by atoms with van der Waals surface area (Å²) in [5.74, 6) is -3.68. The molecule has 7 heteroatoms. The van der Waals surface area contributed by atoms with Crippen molar-refractivity contribution < 1.29 is 31.1 Å². The van der Waals surface area contributed by atoms with Crippen LogP contribution in [0.1, 0.15) is 82.3 Å². The maximum atomic E-state index is 14.9. The third kappa shape index (κ3) is 6.65. The molecule has 2 aliphatic carbocycles. The molecule has 196 valence electrons. The molecule has 2 aromatic carbocycles. The van der Waals surface area contributed by atoms with Crippen LogP contribution in [0.2, 0.25) is 0 Å². The van der Waals surface area contributed by atoms with Crippen LogP contribution in [0.25, 0.3) is 17.2 Å². The van der Waals surface area contributed by atoms with Crippen molar-refractivity contribution in [3.63, 3.8) is 0 Å². The Morgan fingerprint density at radius 3 is 2.08 bits per heavy atom. The largest absolute Gasteiger partial charge is 0.573 e. The highest BCUT2D eigenvalue weighted by Crippen LogP contribution is 2.38. The Kier molecular flexibility index (Phi) is 8.36. The molecule has 36 heavy (non-hydrogen) atoms. The summed E-state index contributed by atoms with van der Waals surface area (Å²) < 4.78 is 83.9. The van der Waals surface area contributed by atoms with Crippen molar-refractivity contribution in [1.29, 1.82) is 0 Å². The average molecular weight is 511 g/mol. The lowest BCUT2D eigenvalue weighted by molar-refractivity contribution is -0.276. The molecule has 4 rings (SSSR count). The molecule has 0 radical (unpaired) electrons. The van der Waals surface area contributed by atoms with Gasteiger partial charge in [-0.05, 0) is 78.5 Å². The third-order valence-electron chi connectivity index (χ3n) is 7.64. The van der Waals surface area contributed by atoms with Crippen molar-refractivity contribution in [3.05, 3.63) is 58.4 Å². The van der Waals surface area contributed by atoms with Crippen molar-refractivity contribution >= 4 is 6.08 Å². The third-order valence-corrected chi connectivity index (χ3v) is 7.64. The van der Waals surface area contributed by atoms with Gasteiger partial charge in [0, 0.05) is 5.56 Å². The molecule has 0 unspecified atom stereocenters. The number of hydrogen-bond acceptors (Lipinski definition) is 1. The summed E-state index contributed by atoms with van der Waals surface area (Å²) in [7, 11) is 0. The number of unbranched alkanes of at least 4 members (excludes halogenated alkanes) is 1. The van der Waals surface area contributed by atoms with Gasteiger partial charge in [0.2, 0.25) is 5.75 Å². The molecule has 0 aliphatic heterocycles. The lowest BCUT2D eigenvalue weighted by Gasteiger charge is -2.29. The summed E-state index contributed by atoms with van der Waals surface area (Å²) in [5.41, 5.74) is 2.65. The fraction of sp³-hybridized carbons (Fsp3) is 0.517. The number of halogens is 6. The van der Waals surface area contributed by atoms with Crippen molar-refractivity contribution in [3.8, 4) is 16.9 Å². The van der Waals surface area contributed by atoms with Crippen molar-refractivity contribution in [2.24, 2.45) is 11.8 Å². The van der Waals surface area contributed by atoms with E-state index >= 15 is 0 Å². The number of rotatable bonds is 8.